The molecular formula is C24H21Cl2N3O3S. The number of benzene rings is 3. The molecule has 0 bridgehead atoms. The Bertz CT molecular complexity index is 1240. The second-order valence-corrected chi connectivity index (χ2v) is 8.73. The monoisotopic (exact) mass is 501 g/mol. The van der Waals surface area contributed by atoms with Crippen LogP contribution < -0.4 is 14.2 Å². The third-order valence-corrected chi connectivity index (χ3v) is 6.66. The Hall–Kier alpha value is -2.87. The highest BCUT2D eigenvalue weighted by atomic mass is 35.5. The summed E-state index contributed by atoms with van der Waals surface area (Å²) in [5.41, 5.74) is 2.74. The Morgan fingerprint density at radius 1 is 0.758 bits per heavy atom. The molecule has 1 aromatic heterocycles. The number of hydrogen-bond acceptors (Lipinski definition) is 6. The van der Waals surface area contributed by atoms with Gasteiger partial charge in [0.1, 0.15) is 17.2 Å². The maximum absolute atomic E-state index is 6.18. The van der Waals surface area contributed by atoms with Gasteiger partial charge in [-0.25, -0.2) is 0 Å². The van der Waals surface area contributed by atoms with E-state index in [9.17, 15) is 0 Å². The van der Waals surface area contributed by atoms with Crippen LogP contribution in [0.5, 0.6) is 17.2 Å². The van der Waals surface area contributed by atoms with Gasteiger partial charge in [0.25, 0.3) is 0 Å². The van der Waals surface area contributed by atoms with Gasteiger partial charge in [-0.15, -0.1) is 10.2 Å². The van der Waals surface area contributed by atoms with E-state index in [0.717, 1.165) is 27.7 Å². The molecule has 0 aliphatic rings. The fourth-order valence-electron chi connectivity index (χ4n) is 3.23. The zero-order valence-electron chi connectivity index (χ0n) is 18.2. The average Bonchev–Trinajstić information content (AvgIpc) is 3.28. The first-order valence-electron chi connectivity index (χ1n) is 9.92. The standard InChI is InChI=1S/C24H21Cl2N3O3S/c1-30-18-7-5-17(6-8-18)29-23(16-11-19(31-2)13-20(12-16)32-3)27-28-24(29)33-14-15-4-9-21(25)22(26)10-15/h4-13H,14H2,1-3H3. The topological polar surface area (TPSA) is 58.4 Å². The van der Waals surface area contributed by atoms with Crippen molar-refractivity contribution in [2.24, 2.45) is 0 Å². The minimum absolute atomic E-state index is 0.524. The van der Waals surface area contributed by atoms with Gasteiger partial charge in [-0.2, -0.15) is 0 Å². The number of rotatable bonds is 8. The minimum atomic E-state index is 0.524. The van der Waals surface area contributed by atoms with E-state index >= 15 is 0 Å². The highest BCUT2D eigenvalue weighted by molar-refractivity contribution is 7.98. The maximum atomic E-state index is 6.18. The highest BCUT2D eigenvalue weighted by Crippen LogP contribution is 2.34. The number of aromatic nitrogens is 3. The van der Waals surface area contributed by atoms with Crippen LogP contribution in [0, 0.1) is 0 Å². The van der Waals surface area contributed by atoms with Gasteiger partial charge >= 0.3 is 0 Å². The van der Waals surface area contributed by atoms with E-state index in [2.05, 4.69) is 10.2 Å². The van der Waals surface area contributed by atoms with E-state index in [0.29, 0.717) is 33.1 Å². The van der Waals surface area contributed by atoms with Crippen molar-refractivity contribution in [1.29, 1.82) is 0 Å². The molecule has 0 saturated carbocycles. The first-order valence-corrected chi connectivity index (χ1v) is 11.7. The largest absolute Gasteiger partial charge is 0.497 e. The van der Waals surface area contributed by atoms with Crippen LogP contribution >= 0.6 is 35.0 Å². The molecule has 0 radical (unpaired) electrons. The van der Waals surface area contributed by atoms with Gasteiger partial charge < -0.3 is 14.2 Å². The Morgan fingerprint density at radius 2 is 1.42 bits per heavy atom. The van der Waals surface area contributed by atoms with Gasteiger partial charge in [0.15, 0.2) is 11.0 Å². The molecule has 4 rings (SSSR count). The molecule has 0 unspecified atom stereocenters. The molecule has 0 N–H and O–H groups in total. The van der Waals surface area contributed by atoms with Gasteiger partial charge in [0, 0.05) is 23.1 Å². The maximum Gasteiger partial charge on any atom is 0.196 e. The van der Waals surface area contributed by atoms with Crippen molar-refractivity contribution in [3.63, 3.8) is 0 Å². The first-order chi connectivity index (χ1) is 16.0. The fraction of sp³-hybridized carbons (Fsp3) is 0.167. The van der Waals surface area contributed by atoms with Crippen molar-refractivity contribution in [2.45, 2.75) is 10.9 Å². The van der Waals surface area contributed by atoms with Crippen LogP contribution in [0.15, 0.2) is 65.8 Å². The lowest BCUT2D eigenvalue weighted by molar-refractivity contribution is 0.394. The molecular weight excluding hydrogens is 481 g/mol. The summed E-state index contributed by atoms with van der Waals surface area (Å²) in [4.78, 5) is 0. The van der Waals surface area contributed by atoms with Gasteiger partial charge in [-0.1, -0.05) is 41.0 Å². The van der Waals surface area contributed by atoms with E-state index in [1.54, 1.807) is 39.2 Å². The predicted molar refractivity (Wildman–Crippen MR) is 132 cm³/mol. The number of methoxy groups -OCH3 is 3. The molecule has 33 heavy (non-hydrogen) atoms. The lowest BCUT2D eigenvalue weighted by Crippen LogP contribution is -2.00. The summed E-state index contributed by atoms with van der Waals surface area (Å²) in [7, 11) is 4.87. The molecule has 0 aliphatic heterocycles. The number of hydrogen-bond donors (Lipinski definition) is 0. The molecule has 0 amide bonds. The normalized spacial score (nSPS) is 10.8. The smallest absolute Gasteiger partial charge is 0.196 e. The lowest BCUT2D eigenvalue weighted by atomic mass is 10.1. The molecule has 0 spiro atoms. The highest BCUT2D eigenvalue weighted by Gasteiger charge is 2.18. The van der Waals surface area contributed by atoms with Crippen LogP contribution in [0.2, 0.25) is 10.0 Å². The van der Waals surface area contributed by atoms with Crippen molar-refractivity contribution >= 4 is 35.0 Å². The van der Waals surface area contributed by atoms with E-state index in [1.807, 2.05) is 59.2 Å². The molecule has 6 nitrogen and oxygen atoms in total. The Kier molecular flexibility index (Phi) is 7.33. The fourth-order valence-corrected chi connectivity index (χ4v) is 4.44. The van der Waals surface area contributed by atoms with Crippen molar-refractivity contribution in [2.75, 3.05) is 21.3 Å². The number of ether oxygens (including phenoxy) is 3. The lowest BCUT2D eigenvalue weighted by Gasteiger charge is -2.13. The minimum Gasteiger partial charge on any atom is -0.497 e. The van der Waals surface area contributed by atoms with Crippen LogP contribution in [-0.4, -0.2) is 36.1 Å². The van der Waals surface area contributed by atoms with Crippen molar-refractivity contribution in [3.05, 3.63) is 76.3 Å². The SMILES string of the molecule is COc1ccc(-n2c(SCc3ccc(Cl)c(Cl)c3)nnc2-c2cc(OC)cc(OC)c2)cc1. The number of nitrogens with zero attached hydrogens (tertiary/aromatic N) is 3. The molecule has 170 valence electrons. The molecule has 1 heterocycles. The zero-order chi connectivity index (χ0) is 23.4. The Morgan fingerprint density at radius 3 is 2.03 bits per heavy atom. The zero-order valence-corrected chi connectivity index (χ0v) is 20.5. The molecule has 0 fully saturated rings. The predicted octanol–water partition coefficient (Wildman–Crippen LogP) is 6.56. The van der Waals surface area contributed by atoms with Crippen LogP contribution in [0.1, 0.15) is 5.56 Å². The third-order valence-electron chi connectivity index (χ3n) is 4.93. The van der Waals surface area contributed by atoms with E-state index in [1.165, 1.54) is 0 Å². The molecule has 0 aliphatic carbocycles. The van der Waals surface area contributed by atoms with Crippen LogP contribution in [0.25, 0.3) is 17.1 Å². The molecule has 3 aromatic carbocycles. The summed E-state index contributed by atoms with van der Waals surface area (Å²) in [5, 5.41) is 10.8. The van der Waals surface area contributed by atoms with Crippen molar-refractivity contribution in [3.8, 4) is 34.3 Å². The van der Waals surface area contributed by atoms with E-state index in [4.69, 9.17) is 37.4 Å². The van der Waals surface area contributed by atoms with Gasteiger partial charge in [-0.05, 0) is 54.1 Å². The quantitative estimate of drug-likeness (QED) is 0.255. The molecule has 4 aromatic rings. The van der Waals surface area contributed by atoms with E-state index < -0.39 is 0 Å². The summed E-state index contributed by atoms with van der Waals surface area (Å²) >= 11 is 13.8. The summed E-state index contributed by atoms with van der Waals surface area (Å²) in [6, 6.07) is 19.0. The Balaban J connectivity index is 1.77. The second kappa shape index (κ2) is 10.4. The van der Waals surface area contributed by atoms with Crippen molar-refractivity contribution in [1.82, 2.24) is 14.8 Å². The molecule has 0 atom stereocenters. The number of thioether (sulfide) groups is 1. The Labute approximate surface area is 206 Å². The summed E-state index contributed by atoms with van der Waals surface area (Å²) < 4.78 is 18.2. The van der Waals surface area contributed by atoms with Crippen LogP contribution in [0.4, 0.5) is 0 Å². The third kappa shape index (κ3) is 5.21. The number of halogens is 2. The average molecular weight is 502 g/mol. The molecule has 9 heteroatoms. The van der Waals surface area contributed by atoms with Crippen molar-refractivity contribution < 1.29 is 14.2 Å². The van der Waals surface area contributed by atoms with Crippen LogP contribution in [-0.2, 0) is 5.75 Å². The van der Waals surface area contributed by atoms with Crippen LogP contribution in [0.3, 0.4) is 0 Å². The summed E-state index contributed by atoms with van der Waals surface area (Å²) in [6.45, 7) is 0. The van der Waals surface area contributed by atoms with Gasteiger partial charge in [0.05, 0.1) is 31.4 Å². The summed E-state index contributed by atoms with van der Waals surface area (Å²) in [6.07, 6.45) is 0. The van der Waals surface area contributed by atoms with Gasteiger partial charge in [0.2, 0.25) is 0 Å². The van der Waals surface area contributed by atoms with Gasteiger partial charge in [-0.3, -0.25) is 4.57 Å². The summed E-state index contributed by atoms with van der Waals surface area (Å²) in [5.74, 6) is 3.40. The first kappa shape index (κ1) is 23.3. The molecule has 0 saturated heterocycles. The second-order valence-electron chi connectivity index (χ2n) is 6.98. The van der Waals surface area contributed by atoms with E-state index in [-0.39, 0.29) is 0 Å².